The van der Waals surface area contributed by atoms with Crippen LogP contribution >= 0.6 is 0 Å². The van der Waals surface area contributed by atoms with Crippen molar-refractivity contribution in [3.8, 4) is 0 Å². The fourth-order valence-corrected chi connectivity index (χ4v) is 1.50. The molecule has 9 heavy (non-hydrogen) atoms. The first-order chi connectivity index (χ1) is 4.33. The van der Waals surface area contributed by atoms with Crippen molar-refractivity contribution in [1.82, 2.24) is 0 Å². The highest BCUT2D eigenvalue weighted by atomic mass is 14.6. The minimum absolute atomic E-state index is 0.478. The summed E-state index contributed by atoms with van der Waals surface area (Å²) < 4.78 is 0. The molecule has 0 radical (unpaired) electrons. The van der Waals surface area contributed by atoms with E-state index in [0.717, 1.165) is 5.92 Å². The average molecular weight is 125 g/mol. The summed E-state index contributed by atoms with van der Waals surface area (Å²) in [5.74, 6) is 0.782. The van der Waals surface area contributed by atoms with Crippen molar-refractivity contribution in [3.63, 3.8) is 0 Å². The van der Waals surface area contributed by atoms with Crippen LogP contribution in [0.4, 0.5) is 0 Å². The van der Waals surface area contributed by atoms with E-state index >= 15 is 0 Å². The Morgan fingerprint density at radius 3 is 2.67 bits per heavy atom. The highest BCUT2D eigenvalue weighted by Crippen LogP contribution is 2.24. The van der Waals surface area contributed by atoms with Gasteiger partial charge in [-0.1, -0.05) is 12.2 Å². The van der Waals surface area contributed by atoms with Crippen LogP contribution in [0.15, 0.2) is 12.2 Å². The molecule has 0 aliphatic heterocycles. The number of nitrogens with two attached hydrogens (primary N) is 1. The lowest BCUT2D eigenvalue weighted by atomic mass is 10.1. The molecule has 0 saturated heterocycles. The van der Waals surface area contributed by atoms with E-state index in [0.29, 0.717) is 6.04 Å². The highest BCUT2D eigenvalue weighted by molar-refractivity contribution is 4.92. The van der Waals surface area contributed by atoms with Gasteiger partial charge in [-0.05, 0) is 32.1 Å². The summed E-state index contributed by atoms with van der Waals surface area (Å²) in [5, 5.41) is 0. The third-order valence-corrected chi connectivity index (χ3v) is 1.98. The molecule has 1 fully saturated rings. The molecular formula is C8H15N. The van der Waals surface area contributed by atoms with Gasteiger partial charge in [-0.15, -0.1) is 0 Å². The summed E-state index contributed by atoms with van der Waals surface area (Å²) in [6.07, 6.45) is 8.11. The Morgan fingerprint density at radius 1 is 1.44 bits per heavy atom. The topological polar surface area (TPSA) is 26.0 Å². The molecule has 0 aromatic carbocycles. The lowest BCUT2D eigenvalue weighted by Crippen LogP contribution is -2.14. The van der Waals surface area contributed by atoms with Crippen LogP contribution in [-0.4, -0.2) is 6.04 Å². The number of hydrogen-bond donors (Lipinski definition) is 1. The van der Waals surface area contributed by atoms with Gasteiger partial charge in [0.1, 0.15) is 0 Å². The van der Waals surface area contributed by atoms with Gasteiger partial charge in [-0.2, -0.15) is 0 Å². The first-order valence-corrected chi connectivity index (χ1v) is 3.71. The maximum atomic E-state index is 5.72. The van der Waals surface area contributed by atoms with E-state index in [1.54, 1.807) is 0 Å². The first-order valence-electron chi connectivity index (χ1n) is 3.71. The van der Waals surface area contributed by atoms with E-state index < -0.39 is 0 Å². The zero-order valence-electron chi connectivity index (χ0n) is 6.01. The van der Waals surface area contributed by atoms with Gasteiger partial charge in [0.05, 0.1) is 0 Å². The van der Waals surface area contributed by atoms with E-state index in [-0.39, 0.29) is 0 Å². The monoisotopic (exact) mass is 125 g/mol. The summed E-state index contributed by atoms with van der Waals surface area (Å²) >= 11 is 0. The Hall–Kier alpha value is -0.300. The second-order valence-corrected chi connectivity index (χ2v) is 2.86. The minimum atomic E-state index is 0.478. The Kier molecular flexibility index (Phi) is 2.29. The highest BCUT2D eigenvalue weighted by Gasteiger charge is 2.18. The van der Waals surface area contributed by atoms with Crippen molar-refractivity contribution in [1.29, 1.82) is 0 Å². The van der Waals surface area contributed by atoms with Crippen molar-refractivity contribution in [2.45, 2.75) is 32.2 Å². The Morgan fingerprint density at radius 2 is 2.22 bits per heavy atom. The van der Waals surface area contributed by atoms with Gasteiger partial charge in [-0.25, -0.2) is 0 Å². The molecule has 2 unspecified atom stereocenters. The zero-order chi connectivity index (χ0) is 6.69. The number of allylic oxidation sites excluding steroid dienone is 2. The molecule has 1 nitrogen and oxygen atoms in total. The largest absolute Gasteiger partial charge is 0.328 e. The lowest BCUT2D eigenvalue weighted by Gasteiger charge is -1.99. The molecule has 0 bridgehead atoms. The maximum absolute atomic E-state index is 5.72. The number of hydrogen-bond acceptors (Lipinski definition) is 1. The SMILES string of the molecule is C/C=C\C1CCC(N)C1. The summed E-state index contributed by atoms with van der Waals surface area (Å²) in [4.78, 5) is 0. The summed E-state index contributed by atoms with van der Waals surface area (Å²) in [6, 6.07) is 0.478. The van der Waals surface area contributed by atoms with Gasteiger partial charge in [0.2, 0.25) is 0 Å². The molecule has 0 heterocycles. The van der Waals surface area contributed by atoms with E-state index in [1.165, 1.54) is 19.3 Å². The molecule has 1 saturated carbocycles. The fourth-order valence-electron chi connectivity index (χ4n) is 1.50. The first kappa shape index (κ1) is 6.81. The smallest absolute Gasteiger partial charge is 0.00446 e. The second kappa shape index (κ2) is 3.02. The van der Waals surface area contributed by atoms with Crippen LogP contribution in [0.3, 0.4) is 0 Å². The molecule has 52 valence electrons. The molecule has 2 N–H and O–H groups in total. The normalized spacial score (nSPS) is 36.2. The molecule has 0 aromatic rings. The van der Waals surface area contributed by atoms with Crippen molar-refractivity contribution in [2.24, 2.45) is 11.7 Å². The van der Waals surface area contributed by atoms with Crippen molar-refractivity contribution in [2.75, 3.05) is 0 Å². The molecule has 1 aliphatic rings. The van der Waals surface area contributed by atoms with E-state index in [9.17, 15) is 0 Å². The van der Waals surface area contributed by atoms with Gasteiger partial charge in [0.15, 0.2) is 0 Å². The minimum Gasteiger partial charge on any atom is -0.328 e. The summed E-state index contributed by atoms with van der Waals surface area (Å²) in [5.41, 5.74) is 5.72. The van der Waals surface area contributed by atoms with E-state index in [4.69, 9.17) is 5.73 Å². The van der Waals surface area contributed by atoms with Crippen LogP contribution in [0.1, 0.15) is 26.2 Å². The molecule has 0 amide bonds. The lowest BCUT2D eigenvalue weighted by molar-refractivity contribution is 0.651. The zero-order valence-corrected chi connectivity index (χ0v) is 6.01. The fraction of sp³-hybridized carbons (Fsp3) is 0.750. The number of rotatable bonds is 1. The van der Waals surface area contributed by atoms with E-state index in [2.05, 4.69) is 19.1 Å². The second-order valence-electron chi connectivity index (χ2n) is 2.86. The summed E-state index contributed by atoms with van der Waals surface area (Å²) in [6.45, 7) is 2.07. The molecule has 1 rings (SSSR count). The molecule has 2 atom stereocenters. The van der Waals surface area contributed by atoms with Crippen LogP contribution in [0.2, 0.25) is 0 Å². The predicted molar refractivity (Wildman–Crippen MR) is 40.1 cm³/mol. The molecule has 1 heteroatoms. The Bertz CT molecular complexity index is 107. The molecular weight excluding hydrogens is 110 g/mol. The van der Waals surface area contributed by atoms with Crippen LogP contribution in [0.25, 0.3) is 0 Å². The van der Waals surface area contributed by atoms with Crippen molar-refractivity contribution in [3.05, 3.63) is 12.2 Å². The van der Waals surface area contributed by atoms with Gasteiger partial charge < -0.3 is 5.73 Å². The van der Waals surface area contributed by atoms with Crippen LogP contribution < -0.4 is 5.73 Å². The maximum Gasteiger partial charge on any atom is 0.00446 e. The van der Waals surface area contributed by atoms with Gasteiger partial charge in [0.25, 0.3) is 0 Å². The molecule has 1 aliphatic carbocycles. The van der Waals surface area contributed by atoms with Crippen molar-refractivity contribution < 1.29 is 0 Å². The molecule has 0 aromatic heterocycles. The van der Waals surface area contributed by atoms with Crippen LogP contribution in [0, 0.1) is 5.92 Å². The third-order valence-electron chi connectivity index (χ3n) is 1.98. The van der Waals surface area contributed by atoms with Crippen LogP contribution in [0.5, 0.6) is 0 Å². The van der Waals surface area contributed by atoms with Gasteiger partial charge in [-0.3, -0.25) is 0 Å². The van der Waals surface area contributed by atoms with Gasteiger partial charge >= 0.3 is 0 Å². The standard InChI is InChI=1S/C8H15N/c1-2-3-7-4-5-8(9)6-7/h2-3,7-8H,4-6,9H2,1H3/b3-2-. The third kappa shape index (κ3) is 1.83. The molecule has 0 spiro atoms. The van der Waals surface area contributed by atoms with Crippen LogP contribution in [-0.2, 0) is 0 Å². The van der Waals surface area contributed by atoms with Crippen molar-refractivity contribution >= 4 is 0 Å². The summed E-state index contributed by atoms with van der Waals surface area (Å²) in [7, 11) is 0. The average Bonchev–Trinajstić information content (AvgIpc) is 2.17. The Labute approximate surface area is 56.9 Å². The predicted octanol–water partition coefficient (Wildman–Crippen LogP) is 1.69. The Balaban J connectivity index is 2.30. The quantitative estimate of drug-likeness (QED) is 0.530. The van der Waals surface area contributed by atoms with E-state index in [1.807, 2.05) is 0 Å². The van der Waals surface area contributed by atoms with Gasteiger partial charge in [0, 0.05) is 6.04 Å².